The molecule has 0 saturated heterocycles. The van der Waals surface area contributed by atoms with E-state index in [9.17, 15) is 13.2 Å². The van der Waals surface area contributed by atoms with E-state index in [1.165, 1.54) is 18.5 Å². The van der Waals surface area contributed by atoms with Crippen molar-refractivity contribution in [2.24, 2.45) is 0 Å². The van der Waals surface area contributed by atoms with E-state index >= 15 is 0 Å². The van der Waals surface area contributed by atoms with Crippen molar-refractivity contribution in [2.45, 2.75) is 12.8 Å². The molecule has 0 saturated carbocycles. The summed E-state index contributed by atoms with van der Waals surface area (Å²) in [6.07, 6.45) is -1.51. The van der Waals surface area contributed by atoms with Crippen molar-refractivity contribution in [3.05, 3.63) is 59.4 Å². The van der Waals surface area contributed by atoms with Gasteiger partial charge in [0.15, 0.2) is 0 Å². The Morgan fingerprint density at radius 1 is 1.15 bits per heavy atom. The van der Waals surface area contributed by atoms with Crippen molar-refractivity contribution in [2.75, 3.05) is 0 Å². The molecule has 0 aliphatic heterocycles. The molecule has 0 N–H and O–H groups in total. The number of ether oxygens (including phenoxy) is 1. The molecule has 3 nitrogen and oxygen atoms in total. The predicted molar refractivity (Wildman–Crippen MR) is 64.7 cm³/mol. The van der Waals surface area contributed by atoms with Gasteiger partial charge in [0, 0.05) is 12.4 Å². The van der Waals surface area contributed by atoms with Crippen LogP contribution in [0.1, 0.15) is 16.7 Å². The van der Waals surface area contributed by atoms with Gasteiger partial charge in [0.05, 0.1) is 17.2 Å². The quantitative estimate of drug-likeness (QED) is 0.862. The molecule has 0 radical (unpaired) electrons. The molecule has 0 bridgehead atoms. The third kappa shape index (κ3) is 3.26. The Morgan fingerprint density at radius 2 is 1.85 bits per heavy atom. The molecule has 0 fully saturated rings. The first-order chi connectivity index (χ1) is 9.50. The van der Waals surface area contributed by atoms with E-state index in [4.69, 9.17) is 10.00 Å². The van der Waals surface area contributed by atoms with Gasteiger partial charge in [-0.05, 0) is 35.9 Å². The lowest BCUT2D eigenvalue weighted by atomic mass is 10.1. The van der Waals surface area contributed by atoms with E-state index in [2.05, 4.69) is 4.98 Å². The molecule has 0 unspecified atom stereocenters. The summed E-state index contributed by atoms with van der Waals surface area (Å²) in [5.74, 6) is -0.298. The van der Waals surface area contributed by atoms with E-state index in [1.807, 2.05) is 0 Å². The highest BCUT2D eigenvalue weighted by molar-refractivity contribution is 5.43. The fourth-order valence-corrected chi connectivity index (χ4v) is 1.59. The number of alkyl halides is 3. The SMILES string of the molecule is N#Cc1ccc(OCc2ccncc2)c(C(F)(F)F)c1. The van der Waals surface area contributed by atoms with E-state index in [1.54, 1.807) is 18.2 Å². The highest BCUT2D eigenvalue weighted by atomic mass is 19.4. The summed E-state index contributed by atoms with van der Waals surface area (Å²) < 4.78 is 43.9. The van der Waals surface area contributed by atoms with Gasteiger partial charge in [0.1, 0.15) is 12.4 Å². The van der Waals surface area contributed by atoms with Crippen LogP contribution in [0.4, 0.5) is 13.2 Å². The Kier molecular flexibility index (Phi) is 3.89. The minimum absolute atomic E-state index is 0.00248. The molecule has 2 aromatic rings. The van der Waals surface area contributed by atoms with Gasteiger partial charge >= 0.3 is 6.18 Å². The van der Waals surface area contributed by atoms with Gasteiger partial charge in [-0.1, -0.05) is 0 Å². The lowest BCUT2D eigenvalue weighted by Crippen LogP contribution is -2.09. The zero-order valence-electron chi connectivity index (χ0n) is 10.2. The van der Waals surface area contributed by atoms with Crippen LogP contribution in [0.5, 0.6) is 5.75 Å². The van der Waals surface area contributed by atoms with Crippen LogP contribution in [-0.4, -0.2) is 4.98 Å². The summed E-state index contributed by atoms with van der Waals surface area (Å²) in [4.78, 5) is 3.81. The molecule has 0 spiro atoms. The Hall–Kier alpha value is -2.55. The number of hydrogen-bond acceptors (Lipinski definition) is 3. The Labute approximate surface area is 113 Å². The third-order valence-electron chi connectivity index (χ3n) is 2.56. The number of nitrogens with zero attached hydrogens (tertiary/aromatic N) is 2. The first-order valence-corrected chi connectivity index (χ1v) is 5.64. The van der Waals surface area contributed by atoms with Crippen LogP contribution in [-0.2, 0) is 12.8 Å². The molecule has 102 valence electrons. The fourth-order valence-electron chi connectivity index (χ4n) is 1.59. The molecule has 2 rings (SSSR count). The van der Waals surface area contributed by atoms with Crippen molar-refractivity contribution in [1.82, 2.24) is 4.98 Å². The minimum Gasteiger partial charge on any atom is -0.488 e. The summed E-state index contributed by atoms with van der Waals surface area (Å²) in [6.45, 7) is -0.00248. The summed E-state index contributed by atoms with van der Waals surface area (Å²) in [6, 6.07) is 8.20. The third-order valence-corrected chi connectivity index (χ3v) is 2.56. The van der Waals surface area contributed by atoms with E-state index < -0.39 is 11.7 Å². The van der Waals surface area contributed by atoms with Crippen LogP contribution >= 0.6 is 0 Å². The average Bonchev–Trinajstić information content (AvgIpc) is 2.45. The van der Waals surface area contributed by atoms with Crippen LogP contribution in [0.25, 0.3) is 0 Å². The predicted octanol–water partition coefficient (Wildman–Crippen LogP) is 3.55. The Morgan fingerprint density at radius 3 is 2.45 bits per heavy atom. The molecule has 20 heavy (non-hydrogen) atoms. The lowest BCUT2D eigenvalue weighted by molar-refractivity contribution is -0.139. The summed E-state index contributed by atoms with van der Waals surface area (Å²) in [7, 11) is 0. The van der Waals surface area contributed by atoms with Crippen LogP contribution in [0.2, 0.25) is 0 Å². The monoisotopic (exact) mass is 278 g/mol. The van der Waals surface area contributed by atoms with Gasteiger partial charge in [-0.2, -0.15) is 18.4 Å². The van der Waals surface area contributed by atoms with Crippen molar-refractivity contribution in [1.29, 1.82) is 5.26 Å². The van der Waals surface area contributed by atoms with Crippen molar-refractivity contribution in [3.63, 3.8) is 0 Å². The number of aromatic nitrogens is 1. The zero-order chi connectivity index (χ0) is 14.6. The second kappa shape index (κ2) is 5.61. The highest BCUT2D eigenvalue weighted by Crippen LogP contribution is 2.37. The lowest BCUT2D eigenvalue weighted by Gasteiger charge is -2.14. The average molecular weight is 278 g/mol. The number of pyridine rings is 1. The number of nitriles is 1. The van der Waals surface area contributed by atoms with Crippen LogP contribution in [0.15, 0.2) is 42.7 Å². The molecular formula is C14H9F3N2O. The normalized spacial score (nSPS) is 10.9. The van der Waals surface area contributed by atoms with Gasteiger partial charge in [-0.15, -0.1) is 0 Å². The first kappa shape index (κ1) is 13.9. The number of hydrogen-bond donors (Lipinski definition) is 0. The summed E-state index contributed by atoms with van der Waals surface area (Å²) >= 11 is 0. The van der Waals surface area contributed by atoms with Gasteiger partial charge < -0.3 is 4.74 Å². The molecular weight excluding hydrogens is 269 g/mol. The second-order valence-electron chi connectivity index (χ2n) is 3.96. The molecule has 6 heteroatoms. The maximum absolute atomic E-state index is 12.9. The van der Waals surface area contributed by atoms with E-state index in [0.29, 0.717) is 5.56 Å². The molecule has 1 aromatic heterocycles. The Balaban J connectivity index is 2.25. The smallest absolute Gasteiger partial charge is 0.420 e. The van der Waals surface area contributed by atoms with Crippen molar-refractivity contribution in [3.8, 4) is 11.8 Å². The maximum Gasteiger partial charge on any atom is 0.420 e. The number of rotatable bonds is 3. The highest BCUT2D eigenvalue weighted by Gasteiger charge is 2.34. The van der Waals surface area contributed by atoms with E-state index in [0.717, 1.165) is 12.1 Å². The fraction of sp³-hybridized carbons (Fsp3) is 0.143. The van der Waals surface area contributed by atoms with Gasteiger partial charge in [-0.3, -0.25) is 4.98 Å². The van der Waals surface area contributed by atoms with Gasteiger partial charge in [-0.25, -0.2) is 0 Å². The van der Waals surface area contributed by atoms with Crippen molar-refractivity contribution < 1.29 is 17.9 Å². The molecule has 0 amide bonds. The summed E-state index contributed by atoms with van der Waals surface area (Å²) in [5, 5.41) is 8.66. The van der Waals surface area contributed by atoms with Gasteiger partial charge in [0.25, 0.3) is 0 Å². The standard InChI is InChI=1S/C14H9F3N2O/c15-14(16,17)12-7-11(8-18)1-2-13(12)20-9-10-3-5-19-6-4-10/h1-7H,9H2. The topological polar surface area (TPSA) is 45.9 Å². The second-order valence-corrected chi connectivity index (χ2v) is 3.96. The minimum atomic E-state index is -4.57. The van der Waals surface area contributed by atoms with Gasteiger partial charge in [0.2, 0.25) is 0 Å². The molecule has 0 aliphatic carbocycles. The molecule has 1 heterocycles. The first-order valence-electron chi connectivity index (χ1n) is 5.64. The van der Waals surface area contributed by atoms with E-state index in [-0.39, 0.29) is 17.9 Å². The van der Waals surface area contributed by atoms with Crippen LogP contribution in [0, 0.1) is 11.3 Å². The van der Waals surface area contributed by atoms with Crippen LogP contribution in [0.3, 0.4) is 0 Å². The molecule has 1 aromatic carbocycles. The molecule has 0 atom stereocenters. The maximum atomic E-state index is 12.9. The summed E-state index contributed by atoms with van der Waals surface area (Å²) in [5.41, 5.74) is -0.309. The molecule has 0 aliphatic rings. The van der Waals surface area contributed by atoms with Crippen molar-refractivity contribution >= 4 is 0 Å². The zero-order valence-corrected chi connectivity index (χ0v) is 10.2. The van der Waals surface area contributed by atoms with Crippen LogP contribution < -0.4 is 4.74 Å². The largest absolute Gasteiger partial charge is 0.488 e. The number of benzene rings is 1. The Bertz CT molecular complexity index is 633. The number of halogens is 3.